The zero-order chi connectivity index (χ0) is 12.1. The van der Waals surface area contributed by atoms with Gasteiger partial charge in [0.2, 0.25) is 0 Å². The number of hydrogen-bond acceptors (Lipinski definition) is 4. The number of thiol groups is 1. The molecular formula is C12H17NO3S. The van der Waals surface area contributed by atoms with E-state index in [0.29, 0.717) is 0 Å². The van der Waals surface area contributed by atoms with Gasteiger partial charge in [0.25, 0.3) is 11.0 Å². The smallest absolute Gasteiger partial charge is 0.257 e. The molecule has 17 heavy (non-hydrogen) atoms. The van der Waals surface area contributed by atoms with Gasteiger partial charge in [-0.2, -0.15) is 0 Å². The molecule has 1 aliphatic rings. The Bertz CT molecular complexity index is 437. The Kier molecular flexibility index (Phi) is 4.53. The maximum atomic E-state index is 10.2. The molecule has 1 heterocycles. The van der Waals surface area contributed by atoms with E-state index >= 15 is 0 Å². The van der Waals surface area contributed by atoms with Crippen LogP contribution in [-0.4, -0.2) is 33.0 Å². The average Bonchev–Trinajstić information content (AvgIpc) is 2.34. The summed E-state index contributed by atoms with van der Waals surface area (Å²) in [5.74, 6) is 0. The second-order valence-electron chi connectivity index (χ2n) is 4.21. The average molecular weight is 255 g/mol. The zero-order valence-electron chi connectivity index (χ0n) is 9.67. The fraction of sp³-hybridized carbons (Fsp3) is 0.500. The van der Waals surface area contributed by atoms with Gasteiger partial charge < -0.3 is 0 Å². The molecule has 1 aliphatic heterocycles. The van der Waals surface area contributed by atoms with Gasteiger partial charge in [0.15, 0.2) is 0 Å². The van der Waals surface area contributed by atoms with E-state index in [1.54, 1.807) is 0 Å². The van der Waals surface area contributed by atoms with Crippen LogP contribution < -0.4 is 0 Å². The molecule has 0 saturated carbocycles. The van der Waals surface area contributed by atoms with Gasteiger partial charge >= 0.3 is 0 Å². The van der Waals surface area contributed by atoms with Crippen LogP contribution in [-0.2, 0) is 28.1 Å². The predicted octanol–water partition coefficient (Wildman–Crippen LogP) is 0.978. The Morgan fingerprint density at radius 1 is 1.24 bits per heavy atom. The Morgan fingerprint density at radius 3 is 2.76 bits per heavy atom. The Labute approximate surface area is 103 Å². The molecule has 1 aromatic carbocycles. The van der Waals surface area contributed by atoms with Crippen molar-refractivity contribution in [3.8, 4) is 0 Å². The summed E-state index contributed by atoms with van der Waals surface area (Å²) in [5.41, 5.74) is 2.82. The first-order valence-electron chi connectivity index (χ1n) is 5.82. The highest BCUT2D eigenvalue weighted by Gasteiger charge is 2.14. The molecule has 0 saturated heterocycles. The highest BCUT2D eigenvalue weighted by molar-refractivity contribution is 7.67. The Hall–Kier alpha value is -0.910. The van der Waals surface area contributed by atoms with E-state index in [4.69, 9.17) is 0 Å². The highest BCUT2D eigenvalue weighted by Crippen LogP contribution is 2.18. The number of rotatable bonds is 5. The van der Waals surface area contributed by atoms with Crippen molar-refractivity contribution < 1.29 is 12.6 Å². The van der Waals surface area contributed by atoms with Crippen LogP contribution in [0.4, 0.5) is 0 Å². The van der Waals surface area contributed by atoms with E-state index in [0.717, 1.165) is 32.5 Å². The first kappa shape index (κ1) is 12.5. The molecule has 94 valence electrons. The van der Waals surface area contributed by atoms with E-state index in [2.05, 4.69) is 33.3 Å². The minimum Gasteiger partial charge on any atom is -0.299 e. The number of nitrogens with zero attached hydrogens (tertiary/aromatic N) is 1. The lowest BCUT2D eigenvalue weighted by Gasteiger charge is -2.28. The normalized spacial score (nSPS) is 16.1. The molecule has 1 aromatic rings. The number of hydrogen-bond donors (Lipinski definition) is 1. The summed E-state index contributed by atoms with van der Waals surface area (Å²) in [5, 5.41) is 0. The van der Waals surface area contributed by atoms with E-state index in [1.807, 2.05) is 0 Å². The van der Waals surface area contributed by atoms with Gasteiger partial charge in [-0.05, 0) is 24.0 Å². The maximum absolute atomic E-state index is 10.2. The topological polar surface area (TPSA) is 46.6 Å². The molecule has 0 fully saturated rings. The summed E-state index contributed by atoms with van der Waals surface area (Å²) in [6.07, 6.45) is 1.83. The Balaban J connectivity index is 1.78. The third-order valence-electron chi connectivity index (χ3n) is 3.03. The molecule has 0 aromatic heterocycles. The standard InChI is InChI=1S/C12H17NO3S/c14-17(15)16-9-3-7-13-8-6-11-4-1-2-5-12(11)10-13/h1-2,4-5,17H,3,6-10H2. The predicted molar refractivity (Wildman–Crippen MR) is 66.3 cm³/mol. The monoisotopic (exact) mass is 255 g/mol. The fourth-order valence-corrected chi connectivity index (χ4v) is 2.45. The van der Waals surface area contributed by atoms with Gasteiger partial charge in [0.05, 0.1) is 6.61 Å². The molecule has 5 heteroatoms. The van der Waals surface area contributed by atoms with Crippen molar-refractivity contribution in [2.45, 2.75) is 19.4 Å². The molecule has 0 N–H and O–H groups in total. The maximum Gasteiger partial charge on any atom is 0.257 e. The molecule has 0 radical (unpaired) electrons. The van der Waals surface area contributed by atoms with Crippen molar-refractivity contribution in [1.82, 2.24) is 4.90 Å². The number of fused-ring (bicyclic) bond motifs is 1. The third kappa shape index (κ3) is 3.80. The quantitative estimate of drug-likeness (QED) is 0.629. The van der Waals surface area contributed by atoms with Crippen molar-refractivity contribution in [3.05, 3.63) is 35.4 Å². The molecule has 2 rings (SSSR count). The van der Waals surface area contributed by atoms with Crippen LogP contribution in [0.15, 0.2) is 24.3 Å². The van der Waals surface area contributed by atoms with E-state index < -0.39 is 11.0 Å². The summed E-state index contributed by atoms with van der Waals surface area (Å²) in [4.78, 5) is 2.34. The van der Waals surface area contributed by atoms with Crippen molar-refractivity contribution >= 4 is 11.0 Å². The fourth-order valence-electron chi connectivity index (χ4n) is 2.17. The van der Waals surface area contributed by atoms with Crippen LogP contribution in [0.1, 0.15) is 17.5 Å². The SMILES string of the molecule is O=[SH](=O)OCCCN1CCc2ccccc2C1. The molecular weight excluding hydrogens is 238 g/mol. The molecule has 0 spiro atoms. The van der Waals surface area contributed by atoms with Crippen molar-refractivity contribution in [1.29, 1.82) is 0 Å². The van der Waals surface area contributed by atoms with Crippen LogP contribution in [0, 0.1) is 0 Å². The molecule has 0 amide bonds. The van der Waals surface area contributed by atoms with Crippen LogP contribution in [0.5, 0.6) is 0 Å². The van der Waals surface area contributed by atoms with Gasteiger partial charge in [-0.25, -0.2) is 8.42 Å². The second-order valence-corrected chi connectivity index (χ2v) is 4.91. The number of benzene rings is 1. The van der Waals surface area contributed by atoms with Crippen molar-refractivity contribution in [2.75, 3.05) is 19.7 Å². The molecule has 4 nitrogen and oxygen atoms in total. The van der Waals surface area contributed by atoms with E-state index in [9.17, 15) is 8.42 Å². The second kappa shape index (κ2) is 6.14. The summed E-state index contributed by atoms with van der Waals surface area (Å²) < 4.78 is 25.0. The van der Waals surface area contributed by atoms with Crippen molar-refractivity contribution in [3.63, 3.8) is 0 Å². The first-order chi connectivity index (χ1) is 8.25. The zero-order valence-corrected chi connectivity index (χ0v) is 10.6. The van der Waals surface area contributed by atoms with Crippen LogP contribution >= 0.6 is 0 Å². The van der Waals surface area contributed by atoms with Gasteiger partial charge in [0.1, 0.15) is 0 Å². The molecule has 0 atom stereocenters. The lowest BCUT2D eigenvalue weighted by Crippen LogP contribution is -2.31. The minimum absolute atomic E-state index is 0.289. The summed E-state index contributed by atoms with van der Waals surface area (Å²) >= 11 is 0. The summed E-state index contributed by atoms with van der Waals surface area (Å²) in [6, 6.07) is 8.48. The van der Waals surface area contributed by atoms with Gasteiger partial charge in [-0.3, -0.25) is 9.08 Å². The summed E-state index contributed by atoms with van der Waals surface area (Å²) in [6.45, 7) is 3.18. The Morgan fingerprint density at radius 2 is 2.00 bits per heavy atom. The van der Waals surface area contributed by atoms with Crippen LogP contribution in [0.25, 0.3) is 0 Å². The van der Waals surface area contributed by atoms with Crippen molar-refractivity contribution in [2.24, 2.45) is 0 Å². The molecule has 0 bridgehead atoms. The van der Waals surface area contributed by atoms with Gasteiger partial charge in [0, 0.05) is 19.6 Å². The highest BCUT2D eigenvalue weighted by atomic mass is 32.2. The third-order valence-corrected chi connectivity index (χ3v) is 3.42. The van der Waals surface area contributed by atoms with Gasteiger partial charge in [-0.15, -0.1) is 0 Å². The summed E-state index contributed by atoms with van der Waals surface area (Å²) in [7, 11) is -2.69. The molecule has 0 unspecified atom stereocenters. The van der Waals surface area contributed by atoms with Crippen LogP contribution in [0.2, 0.25) is 0 Å². The largest absolute Gasteiger partial charge is 0.299 e. The lowest BCUT2D eigenvalue weighted by atomic mass is 10.00. The first-order valence-corrected chi connectivity index (χ1v) is 6.91. The minimum atomic E-state index is -2.69. The van der Waals surface area contributed by atoms with Crippen LogP contribution in [0.3, 0.4) is 0 Å². The lowest BCUT2D eigenvalue weighted by molar-refractivity contribution is 0.225. The van der Waals surface area contributed by atoms with E-state index in [1.165, 1.54) is 11.1 Å². The van der Waals surface area contributed by atoms with Gasteiger partial charge in [-0.1, -0.05) is 24.3 Å². The van der Waals surface area contributed by atoms with E-state index in [-0.39, 0.29) is 6.61 Å². The molecule has 0 aliphatic carbocycles.